The Labute approximate surface area is 133 Å². The predicted molar refractivity (Wildman–Crippen MR) is 74.8 cm³/mol. The van der Waals surface area contributed by atoms with Gasteiger partial charge in [0.05, 0.1) is 16.3 Å². The molecule has 0 aliphatic rings. The first-order valence-corrected chi connectivity index (χ1v) is 6.69. The Bertz CT molecular complexity index is 676. The largest absolute Gasteiger partial charge is 0.417 e. The van der Waals surface area contributed by atoms with Gasteiger partial charge in [-0.05, 0) is 18.2 Å². The first-order chi connectivity index (χ1) is 9.70. The number of pyridine rings is 1. The third kappa shape index (κ3) is 3.61. The number of nitrogens with zero attached hydrogens (tertiary/aromatic N) is 1. The molecule has 0 spiro atoms. The van der Waals surface area contributed by atoms with Crippen molar-refractivity contribution in [2.45, 2.75) is 12.3 Å². The Morgan fingerprint density at radius 3 is 2.24 bits per heavy atom. The minimum absolute atomic E-state index is 0.117. The third-order valence-corrected chi connectivity index (χ3v) is 3.58. The van der Waals surface area contributed by atoms with Crippen LogP contribution in [-0.4, -0.2) is 10.1 Å². The van der Waals surface area contributed by atoms with Crippen LogP contribution in [0.3, 0.4) is 0 Å². The van der Waals surface area contributed by atoms with Crippen molar-refractivity contribution in [1.82, 2.24) is 4.98 Å². The van der Waals surface area contributed by atoms with Gasteiger partial charge in [0.25, 0.3) is 0 Å². The maximum atomic E-state index is 12.5. The Morgan fingerprint density at radius 2 is 1.71 bits per heavy atom. The van der Waals surface area contributed by atoms with E-state index in [-0.39, 0.29) is 21.3 Å². The van der Waals surface area contributed by atoms with E-state index in [1.807, 2.05) is 0 Å². The number of alkyl halides is 3. The van der Waals surface area contributed by atoms with Gasteiger partial charge < -0.3 is 5.11 Å². The van der Waals surface area contributed by atoms with Crippen molar-refractivity contribution in [1.29, 1.82) is 0 Å². The minimum Gasteiger partial charge on any atom is -0.382 e. The van der Waals surface area contributed by atoms with Crippen LogP contribution in [-0.2, 0) is 6.18 Å². The molecular formula is C13H7Cl3F3NO. The first-order valence-electron chi connectivity index (χ1n) is 5.56. The highest BCUT2D eigenvalue weighted by atomic mass is 35.5. The van der Waals surface area contributed by atoms with Crippen molar-refractivity contribution >= 4 is 34.8 Å². The highest BCUT2D eigenvalue weighted by Gasteiger charge is 2.32. The second kappa shape index (κ2) is 6.01. The van der Waals surface area contributed by atoms with Crippen LogP contribution in [0.2, 0.25) is 15.1 Å². The van der Waals surface area contributed by atoms with Crippen molar-refractivity contribution in [3.8, 4) is 0 Å². The Hall–Kier alpha value is -1.01. The number of aliphatic hydroxyl groups excluding tert-OH is 1. The van der Waals surface area contributed by atoms with E-state index in [0.29, 0.717) is 17.3 Å². The molecule has 0 aliphatic heterocycles. The van der Waals surface area contributed by atoms with Gasteiger partial charge in [-0.15, -0.1) is 0 Å². The first kappa shape index (κ1) is 16.4. The van der Waals surface area contributed by atoms with E-state index in [2.05, 4.69) is 4.98 Å². The molecule has 1 heterocycles. The summed E-state index contributed by atoms with van der Waals surface area (Å²) in [6.07, 6.45) is -5.31. The molecule has 2 nitrogen and oxygen atoms in total. The lowest BCUT2D eigenvalue weighted by atomic mass is 10.1. The van der Waals surface area contributed by atoms with Crippen molar-refractivity contribution in [2.24, 2.45) is 0 Å². The maximum Gasteiger partial charge on any atom is 0.417 e. The van der Waals surface area contributed by atoms with Gasteiger partial charge in [-0.3, -0.25) is 4.98 Å². The van der Waals surface area contributed by atoms with Crippen molar-refractivity contribution in [3.63, 3.8) is 0 Å². The summed E-state index contributed by atoms with van der Waals surface area (Å²) in [4.78, 5) is 3.59. The van der Waals surface area contributed by atoms with Gasteiger partial charge in [-0.25, -0.2) is 0 Å². The fourth-order valence-electron chi connectivity index (χ4n) is 1.68. The standard InChI is InChI=1S/C13H7Cl3F3NO/c14-7-1-2-8(9(15)4-7)12(21)11-10(16)3-6(5-20-11)13(17,18)19/h1-5,12,21H/t12-/m0/s1. The van der Waals surface area contributed by atoms with Crippen LogP contribution in [0.1, 0.15) is 22.9 Å². The van der Waals surface area contributed by atoms with Gasteiger partial charge in [0.15, 0.2) is 0 Å². The number of aliphatic hydroxyl groups is 1. The molecule has 0 amide bonds. The van der Waals surface area contributed by atoms with Crippen molar-refractivity contribution < 1.29 is 18.3 Å². The van der Waals surface area contributed by atoms with E-state index in [9.17, 15) is 18.3 Å². The maximum absolute atomic E-state index is 12.5. The minimum atomic E-state index is -4.56. The third-order valence-electron chi connectivity index (χ3n) is 2.71. The molecule has 112 valence electrons. The summed E-state index contributed by atoms with van der Waals surface area (Å²) < 4.78 is 37.6. The lowest BCUT2D eigenvalue weighted by Crippen LogP contribution is -2.09. The summed E-state index contributed by atoms with van der Waals surface area (Å²) in [6.45, 7) is 0. The normalized spacial score (nSPS) is 13.3. The molecule has 0 saturated carbocycles. The zero-order valence-electron chi connectivity index (χ0n) is 10.1. The van der Waals surface area contributed by atoms with Crippen LogP contribution in [0.4, 0.5) is 13.2 Å². The fourth-order valence-corrected chi connectivity index (χ4v) is 2.46. The van der Waals surface area contributed by atoms with Gasteiger partial charge in [-0.1, -0.05) is 40.9 Å². The molecule has 1 atom stereocenters. The van der Waals surface area contributed by atoms with Crippen LogP contribution in [0.5, 0.6) is 0 Å². The predicted octanol–water partition coefficient (Wildman–Crippen LogP) is 5.14. The Morgan fingerprint density at radius 1 is 1.05 bits per heavy atom. The van der Waals surface area contributed by atoms with Crippen LogP contribution < -0.4 is 0 Å². The molecule has 2 aromatic rings. The van der Waals surface area contributed by atoms with Gasteiger partial charge in [0.1, 0.15) is 6.10 Å². The van der Waals surface area contributed by atoms with Gasteiger partial charge >= 0.3 is 6.18 Å². The summed E-state index contributed by atoms with van der Waals surface area (Å²) in [5, 5.41) is 10.4. The summed E-state index contributed by atoms with van der Waals surface area (Å²) in [7, 11) is 0. The molecule has 2 rings (SSSR count). The molecule has 1 aromatic heterocycles. The second-order valence-electron chi connectivity index (χ2n) is 4.16. The average Bonchev–Trinajstić information content (AvgIpc) is 2.36. The molecule has 1 N–H and O–H groups in total. The SMILES string of the molecule is O[C@@H](c1ccc(Cl)cc1Cl)c1ncc(C(F)(F)F)cc1Cl. The van der Waals surface area contributed by atoms with Crippen molar-refractivity contribution in [3.05, 3.63) is 62.4 Å². The van der Waals surface area contributed by atoms with E-state index < -0.39 is 17.8 Å². The number of hydrogen-bond acceptors (Lipinski definition) is 2. The molecular weight excluding hydrogens is 350 g/mol. The van der Waals surface area contributed by atoms with E-state index in [1.165, 1.54) is 18.2 Å². The van der Waals surface area contributed by atoms with Crippen LogP contribution in [0.25, 0.3) is 0 Å². The van der Waals surface area contributed by atoms with Crippen LogP contribution in [0.15, 0.2) is 30.5 Å². The monoisotopic (exact) mass is 355 g/mol. The average molecular weight is 357 g/mol. The lowest BCUT2D eigenvalue weighted by molar-refractivity contribution is -0.137. The lowest BCUT2D eigenvalue weighted by Gasteiger charge is -2.15. The Kier molecular flexibility index (Phi) is 4.68. The van der Waals surface area contributed by atoms with E-state index in [4.69, 9.17) is 34.8 Å². The van der Waals surface area contributed by atoms with E-state index in [0.717, 1.165) is 0 Å². The van der Waals surface area contributed by atoms with Gasteiger partial charge in [-0.2, -0.15) is 13.2 Å². The highest BCUT2D eigenvalue weighted by molar-refractivity contribution is 6.35. The van der Waals surface area contributed by atoms with Gasteiger partial charge in [0, 0.05) is 21.8 Å². The topological polar surface area (TPSA) is 33.1 Å². The molecule has 21 heavy (non-hydrogen) atoms. The molecule has 0 fully saturated rings. The number of aromatic nitrogens is 1. The molecule has 0 unspecified atom stereocenters. The molecule has 0 aliphatic carbocycles. The fraction of sp³-hybridized carbons (Fsp3) is 0.154. The molecule has 0 bridgehead atoms. The smallest absolute Gasteiger partial charge is 0.382 e. The molecule has 1 aromatic carbocycles. The molecule has 0 saturated heterocycles. The summed E-state index contributed by atoms with van der Waals surface area (Å²) in [5.74, 6) is 0. The molecule has 8 heteroatoms. The van der Waals surface area contributed by atoms with Crippen LogP contribution in [0, 0.1) is 0 Å². The Balaban J connectivity index is 2.42. The zero-order chi connectivity index (χ0) is 15.8. The number of halogens is 6. The second-order valence-corrected chi connectivity index (χ2v) is 5.41. The molecule has 0 radical (unpaired) electrons. The number of hydrogen-bond donors (Lipinski definition) is 1. The van der Waals surface area contributed by atoms with Crippen LogP contribution >= 0.6 is 34.8 Å². The van der Waals surface area contributed by atoms with Crippen molar-refractivity contribution in [2.75, 3.05) is 0 Å². The van der Waals surface area contributed by atoms with E-state index >= 15 is 0 Å². The number of rotatable bonds is 2. The zero-order valence-corrected chi connectivity index (χ0v) is 12.4. The highest BCUT2D eigenvalue weighted by Crippen LogP contribution is 2.35. The van der Waals surface area contributed by atoms with Gasteiger partial charge in [0.2, 0.25) is 0 Å². The van der Waals surface area contributed by atoms with E-state index in [1.54, 1.807) is 0 Å². The summed E-state index contributed by atoms with van der Waals surface area (Å²) in [5.41, 5.74) is -0.866. The number of benzene rings is 1. The summed E-state index contributed by atoms with van der Waals surface area (Å²) in [6, 6.07) is 5.05. The quantitative estimate of drug-likeness (QED) is 0.808. The summed E-state index contributed by atoms with van der Waals surface area (Å²) >= 11 is 17.4.